The molecule has 0 aliphatic carbocycles. The van der Waals surface area contributed by atoms with Gasteiger partial charge in [-0.05, 0) is 0 Å². The van der Waals surface area contributed by atoms with E-state index in [1.807, 2.05) is 0 Å². The van der Waals surface area contributed by atoms with E-state index in [1.54, 1.807) is 0 Å². The van der Waals surface area contributed by atoms with E-state index in [-0.39, 0.29) is 46.6 Å². The van der Waals surface area contributed by atoms with Gasteiger partial charge in [0.2, 0.25) is 0 Å². The second-order valence-corrected chi connectivity index (χ2v) is 3.01. The van der Waals surface area contributed by atoms with Gasteiger partial charge in [-0.2, -0.15) is 0 Å². The van der Waals surface area contributed by atoms with Crippen molar-refractivity contribution in [1.29, 1.82) is 0 Å². The van der Waals surface area contributed by atoms with Gasteiger partial charge in [-0.1, -0.05) is 0 Å². The molecule has 48 valence electrons. The fraction of sp³-hybridized carbons (Fsp3) is 0. The maximum atomic E-state index is 9.26. The summed E-state index contributed by atoms with van der Waals surface area (Å²) in [6.07, 6.45) is 0. The first-order chi connectivity index (χ1) is 2.64. The zero-order valence-electron chi connectivity index (χ0n) is 2.88. The molecule has 8 heavy (non-hydrogen) atoms. The fourth-order valence-electron chi connectivity index (χ4n) is 0. The van der Waals surface area contributed by atoms with Crippen LogP contribution in [0.3, 0.4) is 0 Å². The third kappa shape index (κ3) is 10.7. The normalized spacial score (nSPS) is 14.8. The van der Waals surface area contributed by atoms with Crippen LogP contribution >= 0.6 is 0 Å². The van der Waals surface area contributed by atoms with Crippen LogP contribution in [0.1, 0.15) is 0 Å². The Morgan fingerprint density at radius 1 is 1.00 bits per heavy atom. The molecule has 0 saturated heterocycles. The summed E-state index contributed by atoms with van der Waals surface area (Å²) >= 11 is 0. The first-order valence-corrected chi connectivity index (χ1v) is 3.60. The summed E-state index contributed by atoms with van der Waals surface area (Å²) in [5.74, 6) is 0. The Labute approximate surface area is 83.5 Å². The molecule has 8 heteroatoms. The first-order valence-electron chi connectivity index (χ1n) is 0.865. The third-order valence-electron chi connectivity index (χ3n) is 0.122. The zero-order valence-corrected chi connectivity index (χ0v) is 5.62. The van der Waals surface area contributed by atoms with E-state index < -0.39 is 20.2 Å². The van der Waals surface area contributed by atoms with Gasteiger partial charge in [0.1, 0.15) is 0 Å². The molecular formula is H3FeNaO4S2. The van der Waals surface area contributed by atoms with Crippen molar-refractivity contribution in [3.8, 4) is 0 Å². The standard InChI is InChI=1S/Fe.Na.H2O4S2.H/c;;1-5(2)6(3)4;/h;;(H,1,2)(H,3,4);. The van der Waals surface area contributed by atoms with Crippen molar-refractivity contribution in [2.45, 2.75) is 0 Å². The molecule has 0 spiro atoms. The SMILES string of the molecule is O=S(O)S(=O)O.[Fe].[NaH]. The molecular weight excluding hydrogens is 207 g/mol. The molecule has 2 atom stereocenters. The minimum atomic E-state index is -2.59. The molecule has 2 unspecified atom stereocenters. The van der Waals surface area contributed by atoms with Gasteiger partial charge in [-0.25, -0.2) is 8.42 Å². The van der Waals surface area contributed by atoms with Gasteiger partial charge in [0.25, 0.3) is 20.2 Å². The van der Waals surface area contributed by atoms with Crippen LogP contribution in [0.4, 0.5) is 0 Å². The van der Waals surface area contributed by atoms with Crippen molar-refractivity contribution in [2.75, 3.05) is 0 Å². The average Bonchev–Trinajstić information content (AvgIpc) is 1.36. The van der Waals surface area contributed by atoms with Gasteiger partial charge in [-0.15, -0.1) is 0 Å². The summed E-state index contributed by atoms with van der Waals surface area (Å²) in [6.45, 7) is 0. The number of hydrogen-bond donors (Lipinski definition) is 2. The Balaban J connectivity index is -0.000000125. The summed E-state index contributed by atoms with van der Waals surface area (Å²) in [7, 11) is -5.18. The van der Waals surface area contributed by atoms with Crippen LogP contribution in [0.2, 0.25) is 0 Å². The van der Waals surface area contributed by atoms with E-state index >= 15 is 0 Å². The second kappa shape index (κ2) is 8.74. The predicted molar refractivity (Wildman–Crippen MR) is 28.7 cm³/mol. The van der Waals surface area contributed by atoms with E-state index in [1.165, 1.54) is 0 Å². The van der Waals surface area contributed by atoms with Crippen LogP contribution in [0, 0.1) is 0 Å². The molecule has 0 bridgehead atoms. The molecule has 0 radical (unpaired) electrons. The Bertz CT molecular complexity index is 80.0. The summed E-state index contributed by atoms with van der Waals surface area (Å²) < 4.78 is 33.6. The van der Waals surface area contributed by atoms with Crippen molar-refractivity contribution in [3.63, 3.8) is 0 Å². The molecule has 0 saturated carbocycles. The maximum absolute atomic E-state index is 9.26. The van der Waals surface area contributed by atoms with Crippen molar-refractivity contribution < 1.29 is 34.6 Å². The van der Waals surface area contributed by atoms with Crippen molar-refractivity contribution in [3.05, 3.63) is 0 Å². The Morgan fingerprint density at radius 2 is 1.12 bits per heavy atom. The molecule has 0 rings (SSSR count). The first kappa shape index (κ1) is 16.4. The summed E-state index contributed by atoms with van der Waals surface area (Å²) in [5.41, 5.74) is 0. The van der Waals surface area contributed by atoms with Gasteiger partial charge in [0.15, 0.2) is 0 Å². The van der Waals surface area contributed by atoms with Crippen molar-refractivity contribution in [2.24, 2.45) is 0 Å². The molecule has 0 aromatic rings. The van der Waals surface area contributed by atoms with Crippen LogP contribution in [0.15, 0.2) is 0 Å². The van der Waals surface area contributed by atoms with Gasteiger partial charge in [0.05, 0.1) is 0 Å². The van der Waals surface area contributed by atoms with Gasteiger partial charge >= 0.3 is 29.6 Å². The number of hydrogen-bond acceptors (Lipinski definition) is 2. The monoisotopic (exact) mass is 210 g/mol. The molecule has 0 heterocycles. The van der Waals surface area contributed by atoms with Crippen LogP contribution < -0.4 is 0 Å². The second-order valence-electron chi connectivity index (χ2n) is 0.434. The van der Waals surface area contributed by atoms with E-state index in [4.69, 9.17) is 9.11 Å². The van der Waals surface area contributed by atoms with Gasteiger partial charge in [-0.3, -0.25) is 9.11 Å². The van der Waals surface area contributed by atoms with E-state index in [2.05, 4.69) is 0 Å². The Hall–Kier alpha value is 1.74. The zero-order chi connectivity index (χ0) is 5.15. The molecule has 0 fully saturated rings. The van der Waals surface area contributed by atoms with Crippen molar-refractivity contribution >= 4 is 49.8 Å². The molecule has 0 amide bonds. The molecule has 0 aromatic heterocycles. The summed E-state index contributed by atoms with van der Waals surface area (Å²) in [5, 5.41) is 0. The summed E-state index contributed by atoms with van der Waals surface area (Å²) in [6, 6.07) is 0. The summed E-state index contributed by atoms with van der Waals surface area (Å²) in [4.78, 5) is 0. The average molecular weight is 210 g/mol. The topological polar surface area (TPSA) is 74.6 Å². The molecule has 0 aliphatic heterocycles. The van der Waals surface area contributed by atoms with Crippen LogP contribution in [0.25, 0.3) is 0 Å². The van der Waals surface area contributed by atoms with Crippen LogP contribution in [-0.4, -0.2) is 47.1 Å². The molecule has 0 aliphatic rings. The van der Waals surface area contributed by atoms with Gasteiger partial charge in [0, 0.05) is 17.1 Å². The van der Waals surface area contributed by atoms with Crippen molar-refractivity contribution in [1.82, 2.24) is 0 Å². The fourth-order valence-corrected chi connectivity index (χ4v) is 0. The van der Waals surface area contributed by atoms with Crippen LogP contribution in [-0.2, 0) is 37.3 Å². The Kier molecular flexibility index (Phi) is 17.9. The quantitative estimate of drug-likeness (QED) is 0.320. The molecule has 2 N–H and O–H groups in total. The minimum absolute atomic E-state index is 0. The van der Waals surface area contributed by atoms with E-state index in [9.17, 15) is 8.42 Å². The molecule has 4 nitrogen and oxygen atoms in total. The predicted octanol–water partition coefficient (Wildman–Crippen LogP) is -1.31. The Morgan fingerprint density at radius 3 is 1.12 bits per heavy atom. The van der Waals surface area contributed by atoms with Crippen LogP contribution in [0.5, 0.6) is 0 Å². The van der Waals surface area contributed by atoms with E-state index in [0.29, 0.717) is 0 Å². The van der Waals surface area contributed by atoms with E-state index in [0.717, 1.165) is 0 Å². The number of rotatable bonds is 1. The molecule has 0 aromatic carbocycles. The van der Waals surface area contributed by atoms with Gasteiger partial charge < -0.3 is 0 Å². The third-order valence-corrected chi connectivity index (χ3v) is 1.10.